The molecule has 120 valence electrons. The molecule has 3 unspecified atom stereocenters. The molecule has 3 fully saturated rings. The van der Waals surface area contributed by atoms with Gasteiger partial charge in [0.15, 0.2) is 0 Å². The van der Waals surface area contributed by atoms with Crippen LogP contribution >= 0.6 is 0 Å². The smallest absolute Gasteiger partial charge is 0.257 e. The zero-order valence-electron chi connectivity index (χ0n) is 13.8. The van der Waals surface area contributed by atoms with Crippen LogP contribution in [0.3, 0.4) is 0 Å². The first kappa shape index (κ1) is 14.2. The molecule has 0 radical (unpaired) electrons. The maximum Gasteiger partial charge on any atom is 0.257 e. The van der Waals surface area contributed by atoms with E-state index in [-0.39, 0.29) is 11.5 Å². The van der Waals surface area contributed by atoms with E-state index in [0.29, 0.717) is 19.1 Å². The van der Waals surface area contributed by atoms with Crippen LogP contribution in [-0.2, 0) is 11.8 Å². The van der Waals surface area contributed by atoms with Gasteiger partial charge in [-0.1, -0.05) is 0 Å². The summed E-state index contributed by atoms with van der Waals surface area (Å²) in [5.41, 5.74) is 2.51. The van der Waals surface area contributed by atoms with Crippen molar-refractivity contribution in [3.8, 4) is 0 Å². The second-order valence-electron chi connectivity index (χ2n) is 7.39. The average Bonchev–Trinajstić information content (AvgIpc) is 3.13. The number of aryl methyl sites for hydroxylation is 2. The summed E-state index contributed by atoms with van der Waals surface area (Å²) >= 11 is 0. The first-order valence-electron chi connectivity index (χ1n) is 8.43. The lowest BCUT2D eigenvalue weighted by molar-refractivity contribution is -0.129. The molecule has 2 heterocycles. The molecule has 1 aliphatic heterocycles. The van der Waals surface area contributed by atoms with Crippen molar-refractivity contribution in [1.82, 2.24) is 14.7 Å². The Morgan fingerprint density at radius 2 is 2.18 bits per heavy atom. The van der Waals surface area contributed by atoms with Gasteiger partial charge >= 0.3 is 0 Å². The topological polar surface area (TPSA) is 47.4 Å². The predicted molar refractivity (Wildman–Crippen MR) is 82.7 cm³/mol. The largest absolute Gasteiger partial charge is 0.371 e. The van der Waals surface area contributed by atoms with E-state index in [0.717, 1.165) is 35.8 Å². The van der Waals surface area contributed by atoms with Crippen molar-refractivity contribution in [2.24, 2.45) is 18.9 Å². The van der Waals surface area contributed by atoms with Gasteiger partial charge in [0.25, 0.3) is 5.91 Å². The molecule has 5 heteroatoms. The third kappa shape index (κ3) is 1.94. The highest BCUT2D eigenvalue weighted by Gasteiger charge is 2.54. The van der Waals surface area contributed by atoms with Crippen molar-refractivity contribution in [3.63, 3.8) is 0 Å². The molecule has 2 bridgehead atoms. The summed E-state index contributed by atoms with van der Waals surface area (Å²) < 4.78 is 8.03. The van der Waals surface area contributed by atoms with Crippen LogP contribution in [0.15, 0.2) is 0 Å². The number of amides is 1. The van der Waals surface area contributed by atoms with Crippen LogP contribution in [-0.4, -0.2) is 45.9 Å². The first-order chi connectivity index (χ1) is 10.5. The Hall–Kier alpha value is -1.36. The molecule has 0 aromatic carbocycles. The molecular weight excluding hydrogens is 278 g/mol. The quantitative estimate of drug-likeness (QED) is 0.798. The van der Waals surface area contributed by atoms with Crippen molar-refractivity contribution < 1.29 is 9.53 Å². The third-order valence-electron chi connectivity index (χ3n) is 6.14. The van der Waals surface area contributed by atoms with Gasteiger partial charge in [0, 0.05) is 19.3 Å². The van der Waals surface area contributed by atoms with Crippen molar-refractivity contribution in [2.75, 3.05) is 19.7 Å². The van der Waals surface area contributed by atoms with Crippen molar-refractivity contribution in [2.45, 2.75) is 45.1 Å². The van der Waals surface area contributed by atoms with Crippen LogP contribution in [0.25, 0.3) is 0 Å². The minimum absolute atomic E-state index is 0.0547. The second-order valence-corrected chi connectivity index (χ2v) is 7.39. The summed E-state index contributed by atoms with van der Waals surface area (Å²) in [6.45, 7) is 6.04. The van der Waals surface area contributed by atoms with Crippen molar-refractivity contribution in [3.05, 3.63) is 17.0 Å². The average molecular weight is 303 g/mol. The predicted octanol–water partition coefficient (Wildman–Crippen LogP) is 2.07. The van der Waals surface area contributed by atoms with Gasteiger partial charge in [-0.2, -0.15) is 5.10 Å². The zero-order valence-corrected chi connectivity index (χ0v) is 13.8. The number of hydrogen-bond donors (Lipinski definition) is 0. The van der Waals surface area contributed by atoms with Gasteiger partial charge in [-0.15, -0.1) is 0 Å². The lowest BCUT2D eigenvalue weighted by Gasteiger charge is -2.45. The number of nitrogens with zero attached hydrogens (tertiary/aromatic N) is 3. The Bertz CT molecular complexity index is 624. The monoisotopic (exact) mass is 303 g/mol. The van der Waals surface area contributed by atoms with Gasteiger partial charge in [-0.05, 0) is 51.4 Å². The standard InChI is InChI=1S/C17H25N3O2/c1-11-15(12(2)19(3)18-11)16(21)20-6-7-22-17(10-20)9-13-4-5-14(17)8-13/h13-14H,4-10H2,1-3H3. The number of ether oxygens (including phenoxy) is 1. The number of aromatic nitrogens is 2. The molecule has 2 saturated carbocycles. The number of morpholine rings is 1. The summed E-state index contributed by atoms with van der Waals surface area (Å²) in [5.74, 6) is 1.61. The SMILES string of the molecule is Cc1nn(C)c(C)c1C(=O)N1CCOC2(CC3CCC2C3)C1. The van der Waals surface area contributed by atoms with E-state index in [9.17, 15) is 4.79 Å². The van der Waals surface area contributed by atoms with Crippen molar-refractivity contribution in [1.29, 1.82) is 0 Å². The van der Waals surface area contributed by atoms with Crippen LogP contribution in [0.5, 0.6) is 0 Å². The molecule has 1 spiro atoms. The second kappa shape index (κ2) is 4.82. The third-order valence-corrected chi connectivity index (χ3v) is 6.14. The molecule has 2 aliphatic carbocycles. The number of carbonyl (C=O) groups excluding carboxylic acids is 1. The molecule has 1 aromatic heterocycles. The minimum atomic E-state index is -0.0547. The highest BCUT2D eigenvalue weighted by atomic mass is 16.5. The fourth-order valence-corrected chi connectivity index (χ4v) is 4.99. The van der Waals surface area contributed by atoms with E-state index in [4.69, 9.17) is 4.74 Å². The number of carbonyl (C=O) groups is 1. The van der Waals surface area contributed by atoms with Crippen LogP contribution < -0.4 is 0 Å². The molecule has 0 N–H and O–H groups in total. The molecule has 1 amide bonds. The summed E-state index contributed by atoms with van der Waals surface area (Å²) in [5, 5.41) is 4.39. The lowest BCUT2D eigenvalue weighted by atomic mass is 9.82. The Labute approximate surface area is 131 Å². The normalized spacial score (nSPS) is 33.9. The van der Waals surface area contributed by atoms with Gasteiger partial charge in [0.1, 0.15) is 0 Å². The fourth-order valence-electron chi connectivity index (χ4n) is 4.99. The fraction of sp³-hybridized carbons (Fsp3) is 0.765. The van der Waals surface area contributed by atoms with Crippen LogP contribution in [0.4, 0.5) is 0 Å². The zero-order chi connectivity index (χ0) is 15.5. The van der Waals surface area contributed by atoms with Crippen LogP contribution in [0.1, 0.15) is 47.4 Å². The summed E-state index contributed by atoms with van der Waals surface area (Å²) in [6, 6.07) is 0. The number of rotatable bonds is 1. The Morgan fingerprint density at radius 1 is 1.36 bits per heavy atom. The highest BCUT2D eigenvalue weighted by molar-refractivity contribution is 5.96. The molecule has 22 heavy (non-hydrogen) atoms. The maximum atomic E-state index is 13.0. The van der Waals surface area contributed by atoms with Crippen LogP contribution in [0, 0.1) is 25.7 Å². The van der Waals surface area contributed by atoms with Gasteiger partial charge in [0.2, 0.25) is 0 Å². The molecule has 1 saturated heterocycles. The summed E-state index contributed by atoms with van der Waals surface area (Å²) in [7, 11) is 1.90. The first-order valence-corrected chi connectivity index (χ1v) is 8.43. The van der Waals surface area contributed by atoms with Gasteiger partial charge in [-0.25, -0.2) is 0 Å². The summed E-state index contributed by atoms with van der Waals surface area (Å²) in [4.78, 5) is 15.0. The van der Waals surface area contributed by atoms with E-state index < -0.39 is 0 Å². The van der Waals surface area contributed by atoms with Gasteiger partial charge in [-0.3, -0.25) is 9.48 Å². The van der Waals surface area contributed by atoms with Gasteiger partial charge in [0.05, 0.1) is 30.0 Å². The molecule has 3 aliphatic rings. The van der Waals surface area contributed by atoms with E-state index in [1.54, 1.807) is 4.68 Å². The molecule has 3 atom stereocenters. The lowest BCUT2D eigenvalue weighted by Crippen LogP contribution is -2.56. The summed E-state index contributed by atoms with van der Waals surface area (Å²) in [6.07, 6.45) is 5.07. The van der Waals surface area contributed by atoms with E-state index in [1.165, 1.54) is 19.3 Å². The maximum absolute atomic E-state index is 13.0. The minimum Gasteiger partial charge on any atom is -0.371 e. The number of hydrogen-bond acceptors (Lipinski definition) is 3. The van der Waals surface area contributed by atoms with E-state index >= 15 is 0 Å². The van der Waals surface area contributed by atoms with E-state index in [2.05, 4.69) is 5.10 Å². The van der Waals surface area contributed by atoms with Crippen LogP contribution in [0.2, 0.25) is 0 Å². The molecule has 1 aromatic rings. The Balaban J connectivity index is 1.59. The highest BCUT2D eigenvalue weighted by Crippen LogP contribution is 2.53. The van der Waals surface area contributed by atoms with E-state index in [1.807, 2.05) is 25.8 Å². The van der Waals surface area contributed by atoms with Gasteiger partial charge < -0.3 is 9.64 Å². The number of fused-ring (bicyclic) bond motifs is 3. The molecule has 5 nitrogen and oxygen atoms in total. The molecule has 4 rings (SSSR count). The van der Waals surface area contributed by atoms with Crippen molar-refractivity contribution >= 4 is 5.91 Å². The Morgan fingerprint density at radius 3 is 2.77 bits per heavy atom. The molecular formula is C17H25N3O2. The Kier molecular flexibility index (Phi) is 3.12.